The molecule has 0 aromatic heterocycles. The number of nitrogens with one attached hydrogen (secondary N) is 2. The summed E-state index contributed by atoms with van der Waals surface area (Å²) in [7, 11) is 1.66. The normalized spacial score (nSPS) is 22.3. The first-order valence-corrected chi connectivity index (χ1v) is 7.77. The smallest absolute Gasteiger partial charge is 0.220 e. The van der Waals surface area contributed by atoms with Gasteiger partial charge in [-0.1, -0.05) is 19.1 Å². The van der Waals surface area contributed by atoms with Crippen molar-refractivity contribution in [2.45, 2.75) is 51.1 Å². The molecule has 3 atom stereocenters. The van der Waals surface area contributed by atoms with Crippen LogP contribution in [0, 0.1) is 0 Å². The molecule has 1 fully saturated rings. The van der Waals surface area contributed by atoms with Gasteiger partial charge in [0.1, 0.15) is 5.75 Å². The largest absolute Gasteiger partial charge is 0.497 e. The second-order valence-electron chi connectivity index (χ2n) is 5.94. The van der Waals surface area contributed by atoms with Gasteiger partial charge >= 0.3 is 0 Å². The van der Waals surface area contributed by atoms with Crippen molar-refractivity contribution in [1.29, 1.82) is 0 Å². The lowest BCUT2D eigenvalue weighted by molar-refractivity contribution is -0.122. The van der Waals surface area contributed by atoms with E-state index in [2.05, 4.69) is 24.5 Å². The van der Waals surface area contributed by atoms with Gasteiger partial charge in [0.25, 0.3) is 0 Å². The molecule has 1 aromatic carbocycles. The summed E-state index contributed by atoms with van der Waals surface area (Å²) >= 11 is 0. The van der Waals surface area contributed by atoms with E-state index in [0.29, 0.717) is 12.5 Å². The third kappa shape index (κ3) is 5.18. The summed E-state index contributed by atoms with van der Waals surface area (Å²) in [6.45, 7) is 5.27. The van der Waals surface area contributed by atoms with Crippen LogP contribution in [0.4, 0.5) is 0 Å². The summed E-state index contributed by atoms with van der Waals surface area (Å²) < 4.78 is 5.16. The van der Waals surface area contributed by atoms with Crippen LogP contribution in [0.1, 0.15) is 44.6 Å². The topological polar surface area (TPSA) is 50.4 Å². The van der Waals surface area contributed by atoms with Crippen molar-refractivity contribution in [3.63, 3.8) is 0 Å². The van der Waals surface area contributed by atoms with Gasteiger partial charge < -0.3 is 15.4 Å². The van der Waals surface area contributed by atoms with Crippen molar-refractivity contribution < 1.29 is 9.53 Å². The number of hydrogen-bond acceptors (Lipinski definition) is 3. The molecule has 5 heteroatoms. The van der Waals surface area contributed by atoms with Crippen molar-refractivity contribution in [3.05, 3.63) is 29.8 Å². The molecule has 1 heterocycles. The monoisotopic (exact) mass is 326 g/mol. The van der Waals surface area contributed by atoms with Gasteiger partial charge in [-0.05, 0) is 49.9 Å². The maximum atomic E-state index is 12.2. The number of halogens is 1. The molecule has 0 aliphatic carbocycles. The van der Waals surface area contributed by atoms with E-state index in [1.165, 1.54) is 5.56 Å². The molecule has 22 heavy (non-hydrogen) atoms. The summed E-state index contributed by atoms with van der Waals surface area (Å²) in [6.07, 6.45) is 2.72. The van der Waals surface area contributed by atoms with Gasteiger partial charge in [-0.2, -0.15) is 0 Å². The molecule has 4 nitrogen and oxygen atoms in total. The number of piperidine rings is 1. The highest BCUT2D eigenvalue weighted by Crippen LogP contribution is 2.22. The van der Waals surface area contributed by atoms with Crippen LogP contribution in [0.2, 0.25) is 0 Å². The third-order valence-corrected chi connectivity index (χ3v) is 4.28. The third-order valence-electron chi connectivity index (χ3n) is 4.28. The highest BCUT2D eigenvalue weighted by atomic mass is 35.5. The Hall–Kier alpha value is -1.26. The molecule has 1 amide bonds. The van der Waals surface area contributed by atoms with E-state index in [4.69, 9.17) is 4.74 Å². The summed E-state index contributed by atoms with van der Waals surface area (Å²) in [5.74, 6) is 1.19. The summed E-state index contributed by atoms with van der Waals surface area (Å²) in [5.41, 5.74) is 1.17. The van der Waals surface area contributed by atoms with E-state index in [-0.39, 0.29) is 30.3 Å². The fourth-order valence-corrected chi connectivity index (χ4v) is 2.84. The second-order valence-corrected chi connectivity index (χ2v) is 5.94. The first kappa shape index (κ1) is 18.8. The van der Waals surface area contributed by atoms with Crippen LogP contribution in [0.3, 0.4) is 0 Å². The highest BCUT2D eigenvalue weighted by molar-refractivity contribution is 5.85. The van der Waals surface area contributed by atoms with Gasteiger partial charge in [0.2, 0.25) is 5.91 Å². The summed E-state index contributed by atoms with van der Waals surface area (Å²) in [5, 5.41) is 6.57. The zero-order valence-electron chi connectivity index (χ0n) is 13.6. The maximum absolute atomic E-state index is 12.2. The Bertz CT molecular complexity index is 464. The van der Waals surface area contributed by atoms with E-state index in [1.54, 1.807) is 7.11 Å². The molecule has 2 N–H and O–H groups in total. The average molecular weight is 327 g/mol. The lowest BCUT2D eigenvalue weighted by atomic mass is 9.96. The molecule has 0 radical (unpaired) electrons. The number of benzene rings is 1. The standard InChI is InChI=1S/C17H26N2O2.ClH/c1-12(14-6-8-15(21-3)9-7-14)11-17(20)19-16-5-4-10-18-13(16)2;/h6-9,12-13,16,18H,4-5,10-11H2,1-3H3,(H,19,20);1H. The predicted octanol–water partition coefficient (Wildman–Crippen LogP) is 2.87. The lowest BCUT2D eigenvalue weighted by Crippen LogP contribution is -2.52. The maximum Gasteiger partial charge on any atom is 0.220 e. The number of carbonyl (C=O) groups is 1. The Balaban J connectivity index is 0.00000242. The van der Waals surface area contributed by atoms with E-state index in [9.17, 15) is 4.79 Å². The van der Waals surface area contributed by atoms with E-state index in [0.717, 1.165) is 25.1 Å². The predicted molar refractivity (Wildman–Crippen MR) is 91.9 cm³/mol. The number of ether oxygens (including phenoxy) is 1. The number of hydrogen-bond donors (Lipinski definition) is 2. The van der Waals surface area contributed by atoms with Crippen LogP contribution >= 0.6 is 12.4 Å². The molecule has 0 saturated carbocycles. The molecule has 0 bridgehead atoms. The van der Waals surface area contributed by atoms with Gasteiger partial charge in [-0.25, -0.2) is 0 Å². The molecule has 0 spiro atoms. The van der Waals surface area contributed by atoms with Gasteiger partial charge in [0, 0.05) is 18.5 Å². The van der Waals surface area contributed by atoms with Crippen LogP contribution in [0.15, 0.2) is 24.3 Å². The fraction of sp³-hybridized carbons (Fsp3) is 0.588. The zero-order chi connectivity index (χ0) is 15.2. The number of methoxy groups -OCH3 is 1. The van der Waals surface area contributed by atoms with Crippen molar-refractivity contribution in [1.82, 2.24) is 10.6 Å². The van der Waals surface area contributed by atoms with Crippen molar-refractivity contribution in [3.8, 4) is 5.75 Å². The van der Waals surface area contributed by atoms with E-state index >= 15 is 0 Å². The molecular weight excluding hydrogens is 300 g/mol. The molecule has 1 aliphatic rings. The van der Waals surface area contributed by atoms with Crippen LogP contribution in [0.25, 0.3) is 0 Å². The second kappa shape index (κ2) is 9.01. The molecular formula is C17H27ClN2O2. The van der Waals surface area contributed by atoms with Gasteiger partial charge in [-0.15, -0.1) is 12.4 Å². The Morgan fingerprint density at radius 3 is 2.68 bits per heavy atom. The number of carbonyl (C=O) groups excluding carboxylic acids is 1. The average Bonchev–Trinajstić information content (AvgIpc) is 2.49. The molecule has 1 aliphatic heterocycles. The molecule has 124 valence electrons. The molecule has 2 rings (SSSR count). The minimum absolute atomic E-state index is 0. The summed E-state index contributed by atoms with van der Waals surface area (Å²) in [6, 6.07) is 8.56. The molecule has 1 saturated heterocycles. The first-order valence-electron chi connectivity index (χ1n) is 7.77. The van der Waals surface area contributed by atoms with Crippen LogP contribution in [0.5, 0.6) is 5.75 Å². The Morgan fingerprint density at radius 2 is 2.09 bits per heavy atom. The SMILES string of the molecule is COc1ccc(C(C)CC(=O)NC2CCCNC2C)cc1.Cl. The van der Waals surface area contributed by atoms with Crippen molar-refractivity contribution >= 4 is 18.3 Å². The molecule has 1 aromatic rings. The van der Waals surface area contributed by atoms with Crippen LogP contribution in [-0.2, 0) is 4.79 Å². The van der Waals surface area contributed by atoms with E-state index < -0.39 is 0 Å². The van der Waals surface area contributed by atoms with Crippen LogP contribution in [-0.4, -0.2) is 31.6 Å². The molecule has 3 unspecified atom stereocenters. The van der Waals surface area contributed by atoms with Gasteiger partial charge in [0.05, 0.1) is 7.11 Å². The Morgan fingerprint density at radius 1 is 1.41 bits per heavy atom. The van der Waals surface area contributed by atoms with E-state index in [1.807, 2.05) is 24.3 Å². The Kier molecular flexibility index (Phi) is 7.69. The minimum atomic E-state index is 0. The van der Waals surface area contributed by atoms with Crippen molar-refractivity contribution in [2.24, 2.45) is 0 Å². The summed E-state index contributed by atoms with van der Waals surface area (Å²) in [4.78, 5) is 12.2. The fourth-order valence-electron chi connectivity index (χ4n) is 2.84. The number of rotatable bonds is 5. The lowest BCUT2D eigenvalue weighted by Gasteiger charge is -2.31. The quantitative estimate of drug-likeness (QED) is 0.874. The van der Waals surface area contributed by atoms with Gasteiger partial charge in [0.15, 0.2) is 0 Å². The zero-order valence-corrected chi connectivity index (χ0v) is 14.4. The van der Waals surface area contributed by atoms with Crippen LogP contribution < -0.4 is 15.4 Å². The minimum Gasteiger partial charge on any atom is -0.497 e. The first-order chi connectivity index (χ1) is 10.1. The van der Waals surface area contributed by atoms with Crippen molar-refractivity contribution in [2.75, 3.05) is 13.7 Å². The highest BCUT2D eigenvalue weighted by Gasteiger charge is 2.23. The number of amides is 1. The van der Waals surface area contributed by atoms with Gasteiger partial charge in [-0.3, -0.25) is 4.79 Å². The Labute approximate surface area is 139 Å².